The van der Waals surface area contributed by atoms with Crippen molar-refractivity contribution in [3.63, 3.8) is 0 Å². The van der Waals surface area contributed by atoms with Crippen molar-refractivity contribution in [2.45, 2.75) is 42.6 Å². The molecule has 0 aromatic heterocycles. The molecule has 6 heteroatoms. The topological polar surface area (TPSA) is 72.2 Å². The first kappa shape index (κ1) is 16.6. The first-order valence-electron chi connectivity index (χ1n) is 7.32. The quantitative estimate of drug-likeness (QED) is 0.788. The van der Waals surface area contributed by atoms with Crippen LogP contribution in [-0.2, 0) is 15.8 Å². The van der Waals surface area contributed by atoms with Crippen molar-refractivity contribution >= 4 is 27.5 Å². The molecular formula is C15H24N2O2S2. The van der Waals surface area contributed by atoms with Crippen LogP contribution in [0, 0.1) is 0 Å². The summed E-state index contributed by atoms with van der Waals surface area (Å²) in [6, 6.07) is 6.99. The smallest absolute Gasteiger partial charge is 0.215 e. The molecule has 0 heterocycles. The second kappa shape index (κ2) is 7.03. The number of thioether (sulfide) groups is 1. The average Bonchev–Trinajstić information content (AvgIpc) is 2.49. The molecule has 118 valence electrons. The molecule has 0 atom stereocenters. The normalized spacial score (nSPS) is 18.5. The van der Waals surface area contributed by atoms with Crippen molar-refractivity contribution in [2.24, 2.45) is 0 Å². The van der Waals surface area contributed by atoms with Crippen molar-refractivity contribution in [1.82, 2.24) is 4.72 Å². The molecule has 0 unspecified atom stereocenters. The fourth-order valence-electron chi connectivity index (χ4n) is 2.77. The Morgan fingerprint density at radius 2 is 1.81 bits per heavy atom. The Bertz CT molecular complexity index is 550. The summed E-state index contributed by atoms with van der Waals surface area (Å²) in [7, 11) is -3.30. The largest absolute Gasteiger partial charge is 0.399 e. The first-order valence-corrected chi connectivity index (χ1v) is 10.2. The van der Waals surface area contributed by atoms with Gasteiger partial charge in [0.2, 0.25) is 10.0 Å². The molecule has 1 fully saturated rings. The van der Waals surface area contributed by atoms with Crippen LogP contribution in [0.3, 0.4) is 0 Å². The van der Waals surface area contributed by atoms with E-state index < -0.39 is 10.0 Å². The van der Waals surface area contributed by atoms with Crippen LogP contribution in [-0.4, -0.2) is 26.0 Å². The number of hydrogen-bond donors (Lipinski definition) is 2. The van der Waals surface area contributed by atoms with Crippen molar-refractivity contribution < 1.29 is 8.42 Å². The number of nitrogens with one attached hydrogen (secondary N) is 1. The minimum absolute atomic E-state index is 0.0116. The molecule has 21 heavy (non-hydrogen) atoms. The van der Waals surface area contributed by atoms with E-state index in [-0.39, 0.29) is 10.5 Å². The molecule has 1 aliphatic rings. The molecule has 0 spiro atoms. The lowest BCUT2D eigenvalue weighted by atomic mass is 9.88. The monoisotopic (exact) mass is 328 g/mol. The van der Waals surface area contributed by atoms with Gasteiger partial charge in [-0.25, -0.2) is 13.1 Å². The van der Waals surface area contributed by atoms with Crippen molar-refractivity contribution in [3.05, 3.63) is 29.8 Å². The highest BCUT2D eigenvalue weighted by molar-refractivity contribution is 8.00. The lowest BCUT2D eigenvalue weighted by Crippen LogP contribution is -2.42. The molecule has 0 saturated heterocycles. The number of nitrogens with two attached hydrogens (primary N) is 1. The predicted molar refractivity (Wildman–Crippen MR) is 90.8 cm³/mol. The van der Waals surface area contributed by atoms with Crippen LogP contribution in [0.2, 0.25) is 0 Å². The van der Waals surface area contributed by atoms with Crippen molar-refractivity contribution in [3.8, 4) is 0 Å². The molecule has 1 aromatic carbocycles. The molecule has 1 saturated carbocycles. The average molecular weight is 329 g/mol. The van der Waals surface area contributed by atoms with Gasteiger partial charge in [0.1, 0.15) is 0 Å². The Morgan fingerprint density at radius 1 is 1.19 bits per heavy atom. The summed E-state index contributed by atoms with van der Waals surface area (Å²) in [6.07, 6.45) is 7.93. The molecule has 1 aromatic rings. The Hall–Kier alpha value is -0.720. The van der Waals surface area contributed by atoms with Crippen LogP contribution in [0.1, 0.15) is 37.7 Å². The fourth-order valence-corrected chi connectivity index (χ4v) is 5.01. The van der Waals surface area contributed by atoms with E-state index in [2.05, 4.69) is 11.0 Å². The van der Waals surface area contributed by atoms with Crippen LogP contribution in [0.4, 0.5) is 5.69 Å². The lowest BCUT2D eigenvalue weighted by Gasteiger charge is -2.35. The standard InChI is InChI=1S/C15H24N2O2S2/c1-20-15(9-3-2-4-10-15)12-17-21(18,19)11-13-5-7-14(16)8-6-13/h5-8,17H,2-4,9-12,16H2,1H3. The van der Waals surface area contributed by atoms with Gasteiger partial charge >= 0.3 is 0 Å². The maximum atomic E-state index is 12.2. The van der Waals surface area contributed by atoms with E-state index in [1.54, 1.807) is 36.0 Å². The maximum absolute atomic E-state index is 12.2. The number of anilines is 1. The molecule has 3 N–H and O–H groups in total. The van der Waals surface area contributed by atoms with E-state index in [9.17, 15) is 8.42 Å². The van der Waals surface area contributed by atoms with Crippen LogP contribution in [0.15, 0.2) is 24.3 Å². The predicted octanol–water partition coefficient (Wildman–Crippen LogP) is 2.75. The summed E-state index contributed by atoms with van der Waals surface area (Å²) in [6.45, 7) is 0.533. The minimum Gasteiger partial charge on any atom is -0.399 e. The van der Waals surface area contributed by atoms with E-state index in [1.165, 1.54) is 19.3 Å². The van der Waals surface area contributed by atoms with E-state index >= 15 is 0 Å². The summed E-state index contributed by atoms with van der Waals surface area (Å²) in [5.41, 5.74) is 7.02. The Kier molecular flexibility index (Phi) is 5.57. The maximum Gasteiger partial charge on any atom is 0.215 e. The van der Waals surface area contributed by atoms with Crippen LogP contribution >= 0.6 is 11.8 Å². The van der Waals surface area contributed by atoms with Gasteiger partial charge in [-0.15, -0.1) is 0 Å². The number of rotatable bonds is 6. The molecular weight excluding hydrogens is 304 g/mol. The summed E-state index contributed by atoms with van der Waals surface area (Å²) in [5.74, 6) is 0.0116. The minimum atomic E-state index is -3.30. The molecule has 0 aliphatic heterocycles. The molecule has 0 radical (unpaired) electrons. The zero-order chi connectivity index (χ0) is 15.3. The Morgan fingerprint density at radius 3 is 2.38 bits per heavy atom. The lowest BCUT2D eigenvalue weighted by molar-refractivity contribution is 0.395. The molecule has 0 amide bonds. The second-order valence-corrected chi connectivity index (χ2v) is 8.85. The Balaban J connectivity index is 1.95. The highest BCUT2D eigenvalue weighted by atomic mass is 32.2. The fraction of sp³-hybridized carbons (Fsp3) is 0.600. The van der Waals surface area contributed by atoms with Crippen molar-refractivity contribution in [1.29, 1.82) is 0 Å². The number of sulfonamides is 1. The number of nitrogen functional groups attached to an aromatic ring is 1. The third-order valence-electron chi connectivity index (χ3n) is 4.15. The molecule has 2 rings (SSSR count). The van der Waals surface area contributed by atoms with Crippen LogP contribution < -0.4 is 10.5 Å². The summed E-state index contributed by atoms with van der Waals surface area (Å²) in [4.78, 5) is 0. The summed E-state index contributed by atoms with van der Waals surface area (Å²) in [5, 5.41) is 0. The first-order chi connectivity index (χ1) is 9.95. The van der Waals surface area contributed by atoms with Gasteiger partial charge in [-0.3, -0.25) is 0 Å². The number of benzene rings is 1. The zero-order valence-electron chi connectivity index (χ0n) is 12.5. The molecule has 1 aliphatic carbocycles. The van der Waals surface area contributed by atoms with Gasteiger partial charge in [-0.05, 0) is 36.8 Å². The SMILES string of the molecule is CSC1(CNS(=O)(=O)Cc2ccc(N)cc2)CCCCC1. The van der Waals surface area contributed by atoms with Gasteiger partial charge in [-0.2, -0.15) is 11.8 Å². The molecule has 0 bridgehead atoms. The van der Waals surface area contributed by atoms with Crippen LogP contribution in [0.5, 0.6) is 0 Å². The van der Waals surface area contributed by atoms with Gasteiger partial charge < -0.3 is 5.73 Å². The summed E-state index contributed by atoms with van der Waals surface area (Å²) < 4.78 is 27.3. The highest BCUT2D eigenvalue weighted by Gasteiger charge is 2.32. The molecule has 4 nitrogen and oxygen atoms in total. The van der Waals surface area contributed by atoms with Gasteiger partial charge in [0.15, 0.2) is 0 Å². The van der Waals surface area contributed by atoms with Gasteiger partial charge in [0.05, 0.1) is 5.75 Å². The van der Waals surface area contributed by atoms with E-state index in [4.69, 9.17) is 5.73 Å². The van der Waals surface area contributed by atoms with E-state index in [0.717, 1.165) is 18.4 Å². The zero-order valence-corrected chi connectivity index (χ0v) is 14.1. The van der Waals surface area contributed by atoms with Gasteiger partial charge in [0, 0.05) is 17.0 Å². The summed E-state index contributed by atoms with van der Waals surface area (Å²) >= 11 is 1.80. The van der Waals surface area contributed by atoms with Crippen LogP contribution in [0.25, 0.3) is 0 Å². The van der Waals surface area contributed by atoms with Crippen molar-refractivity contribution in [2.75, 3.05) is 18.5 Å². The Labute approximate surface area is 131 Å². The van der Waals surface area contributed by atoms with Gasteiger partial charge in [0.25, 0.3) is 0 Å². The number of hydrogen-bond acceptors (Lipinski definition) is 4. The third kappa shape index (κ3) is 4.90. The highest BCUT2D eigenvalue weighted by Crippen LogP contribution is 2.38. The van der Waals surface area contributed by atoms with E-state index in [0.29, 0.717) is 12.2 Å². The second-order valence-electron chi connectivity index (χ2n) is 5.77. The van der Waals surface area contributed by atoms with Gasteiger partial charge in [-0.1, -0.05) is 31.4 Å². The van der Waals surface area contributed by atoms with E-state index in [1.807, 2.05) is 0 Å². The third-order valence-corrected chi connectivity index (χ3v) is 6.86.